The van der Waals surface area contributed by atoms with Crippen molar-refractivity contribution in [1.29, 1.82) is 0 Å². The molecule has 2 rings (SSSR count). The molecule has 1 saturated carbocycles. The van der Waals surface area contributed by atoms with E-state index in [1.54, 1.807) is 0 Å². The molecule has 2 nitrogen and oxygen atoms in total. The van der Waals surface area contributed by atoms with Crippen LogP contribution < -0.4 is 5.73 Å². The van der Waals surface area contributed by atoms with Gasteiger partial charge in [-0.2, -0.15) is 0 Å². The van der Waals surface area contributed by atoms with Crippen LogP contribution in [0, 0.1) is 6.92 Å². The maximum absolute atomic E-state index is 5.81. The van der Waals surface area contributed by atoms with Crippen molar-refractivity contribution < 1.29 is 0 Å². The molecular weight excluding hydrogens is 160 g/mol. The highest BCUT2D eigenvalue weighted by molar-refractivity contribution is 5.25. The second-order valence-electron chi connectivity index (χ2n) is 4.06. The molecule has 0 spiro atoms. The number of pyridine rings is 1. The minimum atomic E-state index is 0.214. The lowest BCUT2D eigenvalue weighted by atomic mass is 9.66. The molecule has 1 heterocycles. The molecule has 0 aromatic carbocycles. The van der Waals surface area contributed by atoms with E-state index in [4.69, 9.17) is 5.73 Å². The van der Waals surface area contributed by atoms with Gasteiger partial charge in [-0.3, -0.25) is 4.98 Å². The molecule has 0 unspecified atom stereocenters. The molecule has 1 aliphatic carbocycles. The van der Waals surface area contributed by atoms with Crippen molar-refractivity contribution in [3.8, 4) is 0 Å². The van der Waals surface area contributed by atoms with Crippen molar-refractivity contribution in [3.05, 3.63) is 29.6 Å². The van der Waals surface area contributed by atoms with E-state index in [1.165, 1.54) is 30.5 Å². The van der Waals surface area contributed by atoms with Crippen LogP contribution in [0.1, 0.15) is 30.5 Å². The molecule has 0 aliphatic heterocycles. The first-order valence-corrected chi connectivity index (χ1v) is 4.90. The van der Waals surface area contributed by atoms with E-state index in [2.05, 4.69) is 18.0 Å². The summed E-state index contributed by atoms with van der Waals surface area (Å²) in [5.41, 5.74) is 8.50. The molecule has 2 N–H and O–H groups in total. The number of nitrogens with two attached hydrogens (primary N) is 1. The van der Waals surface area contributed by atoms with E-state index < -0.39 is 0 Å². The molecule has 1 aromatic heterocycles. The number of aromatic nitrogens is 1. The van der Waals surface area contributed by atoms with Crippen molar-refractivity contribution in [2.45, 2.75) is 31.6 Å². The summed E-state index contributed by atoms with van der Waals surface area (Å²) in [6.07, 6.45) is 5.60. The number of hydrogen-bond acceptors (Lipinski definition) is 2. The maximum Gasteiger partial charge on any atom is 0.0480 e. The van der Waals surface area contributed by atoms with Gasteiger partial charge in [-0.15, -0.1) is 0 Å². The summed E-state index contributed by atoms with van der Waals surface area (Å²) in [7, 11) is 0. The van der Waals surface area contributed by atoms with Gasteiger partial charge in [-0.1, -0.05) is 6.42 Å². The number of nitrogens with zero attached hydrogens (tertiary/aromatic N) is 1. The molecule has 0 saturated heterocycles. The monoisotopic (exact) mass is 176 g/mol. The molecule has 0 radical (unpaired) electrons. The Hall–Kier alpha value is -0.890. The van der Waals surface area contributed by atoms with E-state index >= 15 is 0 Å². The number of hydrogen-bond donors (Lipinski definition) is 1. The van der Waals surface area contributed by atoms with E-state index in [0.717, 1.165) is 6.54 Å². The molecular formula is C11H16N2. The summed E-state index contributed by atoms with van der Waals surface area (Å²) in [5.74, 6) is 0. The lowest BCUT2D eigenvalue weighted by molar-refractivity contribution is 0.246. The first kappa shape index (κ1) is 8.70. The third kappa shape index (κ3) is 1.35. The topological polar surface area (TPSA) is 38.9 Å². The Morgan fingerprint density at radius 3 is 2.77 bits per heavy atom. The third-order valence-corrected chi connectivity index (χ3v) is 3.16. The fourth-order valence-corrected chi connectivity index (χ4v) is 1.99. The molecule has 13 heavy (non-hydrogen) atoms. The quantitative estimate of drug-likeness (QED) is 0.746. The standard InChI is InChI=1S/C11H16N2/c1-9-3-6-13-10(7-9)11(8-12)4-2-5-11/h3,6-7H,2,4-5,8,12H2,1H3. The normalized spacial score (nSPS) is 19.5. The summed E-state index contributed by atoms with van der Waals surface area (Å²) >= 11 is 0. The van der Waals surface area contributed by atoms with E-state index in [9.17, 15) is 0 Å². The van der Waals surface area contributed by atoms with Crippen LogP contribution >= 0.6 is 0 Å². The van der Waals surface area contributed by atoms with Crippen molar-refractivity contribution >= 4 is 0 Å². The van der Waals surface area contributed by atoms with Gasteiger partial charge in [-0.25, -0.2) is 0 Å². The zero-order valence-corrected chi connectivity index (χ0v) is 8.09. The van der Waals surface area contributed by atoms with Crippen LogP contribution in [0.3, 0.4) is 0 Å². The van der Waals surface area contributed by atoms with Crippen LogP contribution in [0.5, 0.6) is 0 Å². The predicted molar refractivity (Wildman–Crippen MR) is 53.6 cm³/mol. The van der Waals surface area contributed by atoms with Gasteiger partial charge in [0.05, 0.1) is 0 Å². The molecule has 0 bridgehead atoms. The van der Waals surface area contributed by atoms with Gasteiger partial charge in [0.25, 0.3) is 0 Å². The lowest BCUT2D eigenvalue weighted by Crippen LogP contribution is -2.42. The molecule has 70 valence electrons. The summed E-state index contributed by atoms with van der Waals surface area (Å²) in [6, 6.07) is 4.21. The molecule has 0 amide bonds. The fourth-order valence-electron chi connectivity index (χ4n) is 1.99. The number of rotatable bonds is 2. The SMILES string of the molecule is Cc1ccnc(C2(CN)CCC2)c1. The van der Waals surface area contributed by atoms with Gasteiger partial charge in [-0.05, 0) is 37.5 Å². The van der Waals surface area contributed by atoms with E-state index in [1.807, 2.05) is 12.3 Å². The van der Waals surface area contributed by atoms with Gasteiger partial charge in [0.2, 0.25) is 0 Å². The Morgan fingerprint density at radius 1 is 1.54 bits per heavy atom. The van der Waals surface area contributed by atoms with Gasteiger partial charge >= 0.3 is 0 Å². The zero-order chi connectivity index (χ0) is 9.31. The van der Waals surface area contributed by atoms with Crippen molar-refractivity contribution in [2.24, 2.45) is 5.73 Å². The Kier molecular flexibility index (Phi) is 2.08. The van der Waals surface area contributed by atoms with Gasteiger partial charge in [0.15, 0.2) is 0 Å². The maximum atomic E-state index is 5.81. The first-order chi connectivity index (χ1) is 6.27. The Balaban J connectivity index is 2.33. The Morgan fingerprint density at radius 2 is 2.31 bits per heavy atom. The first-order valence-electron chi connectivity index (χ1n) is 4.90. The zero-order valence-electron chi connectivity index (χ0n) is 8.09. The van der Waals surface area contributed by atoms with Crippen LogP contribution in [-0.2, 0) is 5.41 Å². The van der Waals surface area contributed by atoms with Crippen molar-refractivity contribution in [3.63, 3.8) is 0 Å². The van der Waals surface area contributed by atoms with Crippen LogP contribution in [-0.4, -0.2) is 11.5 Å². The van der Waals surface area contributed by atoms with Crippen LogP contribution in [0.15, 0.2) is 18.3 Å². The van der Waals surface area contributed by atoms with Crippen molar-refractivity contribution in [2.75, 3.05) is 6.54 Å². The summed E-state index contributed by atoms with van der Waals surface area (Å²) < 4.78 is 0. The van der Waals surface area contributed by atoms with E-state index in [0.29, 0.717) is 0 Å². The average molecular weight is 176 g/mol. The van der Waals surface area contributed by atoms with Crippen LogP contribution in [0.4, 0.5) is 0 Å². The third-order valence-electron chi connectivity index (χ3n) is 3.16. The second-order valence-corrected chi connectivity index (χ2v) is 4.06. The van der Waals surface area contributed by atoms with Gasteiger partial charge in [0, 0.05) is 23.9 Å². The molecule has 1 aliphatic rings. The molecule has 1 aromatic rings. The molecule has 0 atom stereocenters. The smallest absolute Gasteiger partial charge is 0.0480 e. The van der Waals surface area contributed by atoms with Crippen molar-refractivity contribution in [1.82, 2.24) is 4.98 Å². The summed E-state index contributed by atoms with van der Waals surface area (Å²) in [4.78, 5) is 4.42. The summed E-state index contributed by atoms with van der Waals surface area (Å²) in [6.45, 7) is 2.84. The largest absolute Gasteiger partial charge is 0.330 e. The Bertz CT molecular complexity index is 297. The highest BCUT2D eigenvalue weighted by Gasteiger charge is 2.38. The molecule has 2 heteroatoms. The summed E-state index contributed by atoms with van der Waals surface area (Å²) in [5, 5.41) is 0. The Labute approximate surface area is 79.2 Å². The second kappa shape index (κ2) is 3.11. The van der Waals surface area contributed by atoms with Crippen LogP contribution in [0.25, 0.3) is 0 Å². The average Bonchev–Trinajstić information content (AvgIpc) is 2.03. The number of aryl methyl sites for hydroxylation is 1. The van der Waals surface area contributed by atoms with Gasteiger partial charge < -0.3 is 5.73 Å². The lowest BCUT2D eigenvalue weighted by Gasteiger charge is -2.40. The highest BCUT2D eigenvalue weighted by Crippen LogP contribution is 2.41. The van der Waals surface area contributed by atoms with E-state index in [-0.39, 0.29) is 5.41 Å². The highest BCUT2D eigenvalue weighted by atomic mass is 14.8. The van der Waals surface area contributed by atoms with Crippen LogP contribution in [0.2, 0.25) is 0 Å². The fraction of sp³-hybridized carbons (Fsp3) is 0.545. The minimum absolute atomic E-state index is 0.214. The predicted octanol–water partition coefficient (Wildman–Crippen LogP) is 1.77. The van der Waals surface area contributed by atoms with Gasteiger partial charge in [0.1, 0.15) is 0 Å². The minimum Gasteiger partial charge on any atom is -0.330 e. The molecule has 1 fully saturated rings.